The molecule has 8 unspecified atom stereocenters. The van der Waals surface area contributed by atoms with Crippen molar-refractivity contribution in [3.63, 3.8) is 0 Å². The summed E-state index contributed by atoms with van der Waals surface area (Å²) in [4.78, 5) is 26.6. The number of rotatable bonds is 1. The third-order valence-electron chi connectivity index (χ3n) is 12.2. The Morgan fingerprint density at radius 2 is 1.98 bits per heavy atom. The average molecular weight is 553 g/mol. The molecule has 4 aliphatic carbocycles. The van der Waals surface area contributed by atoms with Gasteiger partial charge >= 0.3 is 11.9 Å². The van der Waals surface area contributed by atoms with Gasteiger partial charge < -0.3 is 33.9 Å². The number of carbonyl (C=O) groups is 2. The van der Waals surface area contributed by atoms with Crippen LogP contribution in [0.15, 0.2) is 47.6 Å². The third-order valence-corrected chi connectivity index (χ3v) is 12.2. The van der Waals surface area contributed by atoms with Gasteiger partial charge in [0.25, 0.3) is 0 Å². The standard InChI is InChI=1S/C31H36O9/c1-17-7-10-27-16-36-24(34)13-19-8-11-37-28(18(2)32,25(19)35)9-5-4-6-23(33)38-21-14-20-29(39-22(27)12-17)15-30(26(21,27)3)31(20,29)40-30/h4-6,9,12-13,18,20-22,25,32,35H,7-8,10-11,14-16H2,1-3H3/b6-4-,9-5+,19-13+/t18?,20?,21-,22?,25?,26-,27?,28?,29?,30+,31?/m1/s1. The molecule has 4 aliphatic heterocycles. The second-order valence-corrected chi connectivity index (χ2v) is 13.4. The Kier molecular flexibility index (Phi) is 4.80. The van der Waals surface area contributed by atoms with Crippen molar-refractivity contribution in [3.05, 3.63) is 47.6 Å². The van der Waals surface area contributed by atoms with Crippen molar-refractivity contribution in [1.29, 1.82) is 0 Å². The lowest BCUT2D eigenvalue weighted by molar-refractivity contribution is -0.206. The number of allylic oxidation sites excluding steroid dienone is 3. The van der Waals surface area contributed by atoms with Gasteiger partial charge in [0.05, 0.1) is 18.8 Å². The molecular formula is C31H36O9. The van der Waals surface area contributed by atoms with Crippen LogP contribution in [0.1, 0.15) is 52.9 Å². The molecule has 6 fully saturated rings. The van der Waals surface area contributed by atoms with Crippen LogP contribution < -0.4 is 0 Å². The molecule has 11 atom stereocenters. The predicted molar refractivity (Wildman–Crippen MR) is 139 cm³/mol. The molecule has 214 valence electrons. The van der Waals surface area contributed by atoms with Gasteiger partial charge in [0.1, 0.15) is 41.2 Å². The van der Waals surface area contributed by atoms with E-state index in [0.717, 1.165) is 12.8 Å². The van der Waals surface area contributed by atoms with Crippen molar-refractivity contribution >= 4 is 11.9 Å². The van der Waals surface area contributed by atoms with E-state index < -0.39 is 52.3 Å². The van der Waals surface area contributed by atoms with Gasteiger partial charge in [-0.25, -0.2) is 9.59 Å². The van der Waals surface area contributed by atoms with E-state index in [2.05, 4.69) is 19.9 Å². The molecule has 4 heterocycles. The highest BCUT2D eigenvalue weighted by atomic mass is 16.7. The zero-order chi connectivity index (χ0) is 27.9. The molecule has 3 saturated carbocycles. The number of hydrogen-bond donors (Lipinski definition) is 2. The lowest BCUT2D eigenvalue weighted by Gasteiger charge is -2.57. The Balaban J connectivity index is 1.25. The molecule has 4 spiro atoms. The lowest BCUT2D eigenvalue weighted by atomic mass is 9.46. The first-order valence-electron chi connectivity index (χ1n) is 14.5. The van der Waals surface area contributed by atoms with Crippen LogP contribution in [0.4, 0.5) is 0 Å². The summed E-state index contributed by atoms with van der Waals surface area (Å²) in [5.74, 6) is -0.861. The van der Waals surface area contributed by atoms with E-state index in [9.17, 15) is 19.8 Å². The van der Waals surface area contributed by atoms with E-state index in [0.29, 0.717) is 24.8 Å². The first-order chi connectivity index (χ1) is 19.0. The number of aliphatic hydroxyl groups excluding tert-OH is 2. The monoisotopic (exact) mass is 552 g/mol. The Labute approximate surface area is 232 Å². The fraction of sp³-hybridized carbons (Fsp3) is 0.677. The van der Waals surface area contributed by atoms with Crippen molar-refractivity contribution in [1.82, 2.24) is 0 Å². The van der Waals surface area contributed by atoms with Crippen molar-refractivity contribution in [3.8, 4) is 0 Å². The summed E-state index contributed by atoms with van der Waals surface area (Å²) < 4.78 is 31.8. The minimum absolute atomic E-state index is 0.0699. The number of hydrogen-bond acceptors (Lipinski definition) is 9. The first kappa shape index (κ1) is 25.4. The number of fused-ring (bicyclic) bond motifs is 2. The largest absolute Gasteiger partial charge is 0.462 e. The molecule has 3 saturated heterocycles. The predicted octanol–water partition coefficient (Wildman–Crippen LogP) is 2.21. The van der Waals surface area contributed by atoms with Crippen LogP contribution in [0.3, 0.4) is 0 Å². The molecule has 2 N–H and O–H groups in total. The molecule has 0 radical (unpaired) electrons. The summed E-state index contributed by atoms with van der Waals surface area (Å²) >= 11 is 0. The zero-order valence-electron chi connectivity index (χ0n) is 23.1. The summed E-state index contributed by atoms with van der Waals surface area (Å²) in [5, 5.41) is 21.8. The number of epoxide rings is 1. The Bertz CT molecular complexity index is 1350. The highest BCUT2D eigenvalue weighted by molar-refractivity contribution is 5.83. The number of cyclic esters (lactones) is 1. The van der Waals surface area contributed by atoms with E-state index in [4.69, 9.17) is 23.7 Å². The Morgan fingerprint density at radius 3 is 2.77 bits per heavy atom. The van der Waals surface area contributed by atoms with Gasteiger partial charge in [-0.15, -0.1) is 0 Å². The highest BCUT2D eigenvalue weighted by Gasteiger charge is 3.13. The van der Waals surface area contributed by atoms with Gasteiger partial charge in [-0.2, -0.15) is 0 Å². The van der Waals surface area contributed by atoms with E-state index in [1.807, 2.05) is 0 Å². The number of ether oxygens (including phenoxy) is 5. The zero-order valence-corrected chi connectivity index (χ0v) is 23.1. The van der Waals surface area contributed by atoms with Crippen LogP contribution in [0.25, 0.3) is 0 Å². The van der Waals surface area contributed by atoms with Gasteiger partial charge in [0.15, 0.2) is 0 Å². The molecule has 0 aromatic rings. The van der Waals surface area contributed by atoms with Crippen molar-refractivity contribution in [2.75, 3.05) is 13.2 Å². The maximum atomic E-state index is 13.4. The molecular weight excluding hydrogens is 516 g/mol. The number of esters is 2. The fourth-order valence-corrected chi connectivity index (χ4v) is 9.95. The summed E-state index contributed by atoms with van der Waals surface area (Å²) in [6.07, 6.45) is 9.65. The van der Waals surface area contributed by atoms with E-state index in [-0.39, 0.29) is 36.4 Å². The third kappa shape index (κ3) is 2.56. The van der Waals surface area contributed by atoms with Crippen LogP contribution in [-0.2, 0) is 33.3 Å². The van der Waals surface area contributed by atoms with Crippen molar-refractivity contribution in [2.45, 2.75) is 99.7 Å². The van der Waals surface area contributed by atoms with E-state index in [1.54, 1.807) is 6.08 Å². The smallest absolute Gasteiger partial charge is 0.331 e. The van der Waals surface area contributed by atoms with Gasteiger partial charge in [0.2, 0.25) is 0 Å². The second-order valence-electron chi connectivity index (χ2n) is 13.4. The van der Waals surface area contributed by atoms with Gasteiger partial charge in [-0.1, -0.05) is 30.7 Å². The molecule has 0 amide bonds. The quantitative estimate of drug-likeness (QED) is 0.286. The summed E-state index contributed by atoms with van der Waals surface area (Å²) in [6, 6.07) is 0. The van der Waals surface area contributed by atoms with E-state index >= 15 is 0 Å². The van der Waals surface area contributed by atoms with Gasteiger partial charge in [0, 0.05) is 35.3 Å². The number of aliphatic hydroxyl groups is 2. The summed E-state index contributed by atoms with van der Waals surface area (Å²) in [5.41, 5.74) is -2.27. The molecule has 8 rings (SSSR count). The molecule has 40 heavy (non-hydrogen) atoms. The van der Waals surface area contributed by atoms with Crippen LogP contribution in [0.2, 0.25) is 0 Å². The maximum absolute atomic E-state index is 13.4. The molecule has 9 nitrogen and oxygen atoms in total. The van der Waals surface area contributed by atoms with E-state index in [1.165, 1.54) is 36.8 Å². The van der Waals surface area contributed by atoms with Crippen molar-refractivity contribution in [2.24, 2.45) is 16.7 Å². The average Bonchev–Trinajstić information content (AvgIpc) is 3.68. The SMILES string of the molecule is CC1=CC2OC34C[C@@]56OC35C4C[C@H]3OC(=O)/C=C\C=C\C4(C(C)O)OCC/C(=C\C(=O)OCC2(CC1)[C@@]36C)C4O. The van der Waals surface area contributed by atoms with Crippen LogP contribution >= 0.6 is 0 Å². The van der Waals surface area contributed by atoms with Crippen LogP contribution in [0.5, 0.6) is 0 Å². The molecule has 0 aromatic carbocycles. The fourth-order valence-electron chi connectivity index (χ4n) is 9.95. The minimum atomic E-state index is -1.47. The van der Waals surface area contributed by atoms with Gasteiger partial charge in [-0.05, 0) is 51.2 Å². The lowest BCUT2D eigenvalue weighted by Crippen LogP contribution is -2.66. The maximum Gasteiger partial charge on any atom is 0.331 e. The summed E-state index contributed by atoms with van der Waals surface area (Å²) in [7, 11) is 0. The van der Waals surface area contributed by atoms with Gasteiger partial charge in [-0.3, -0.25) is 0 Å². The Morgan fingerprint density at radius 1 is 1.15 bits per heavy atom. The van der Waals surface area contributed by atoms with Crippen LogP contribution in [-0.4, -0.2) is 82.2 Å². The minimum Gasteiger partial charge on any atom is -0.462 e. The molecule has 8 aliphatic rings. The topological polar surface area (TPSA) is 124 Å². The summed E-state index contributed by atoms with van der Waals surface area (Å²) in [6.45, 7) is 6.05. The number of carbonyl (C=O) groups excluding carboxylic acids is 2. The molecule has 0 aromatic heterocycles. The second kappa shape index (κ2) is 7.55. The highest BCUT2D eigenvalue weighted by Crippen LogP contribution is 2.99. The van der Waals surface area contributed by atoms with Crippen molar-refractivity contribution < 1.29 is 43.5 Å². The normalized spacial score (nSPS) is 57.1. The molecule has 4 bridgehead atoms. The Hall–Kier alpha value is -2.30. The molecule has 9 heteroatoms. The van der Waals surface area contributed by atoms with Crippen LogP contribution in [0, 0.1) is 16.7 Å². The first-order valence-corrected chi connectivity index (χ1v) is 14.5.